The van der Waals surface area contributed by atoms with Gasteiger partial charge in [-0.1, -0.05) is 0 Å². The summed E-state index contributed by atoms with van der Waals surface area (Å²) in [6.45, 7) is 4.08. The van der Waals surface area contributed by atoms with E-state index < -0.39 is 5.82 Å². The van der Waals surface area contributed by atoms with Crippen molar-refractivity contribution in [2.75, 3.05) is 0 Å². The molecule has 4 heteroatoms. The van der Waals surface area contributed by atoms with Crippen molar-refractivity contribution in [2.24, 2.45) is 0 Å². The molecule has 0 saturated heterocycles. The summed E-state index contributed by atoms with van der Waals surface area (Å²) in [5.74, 6) is -0.268. The maximum atomic E-state index is 10.3. The molecule has 4 nitrogen and oxygen atoms in total. The molecule has 1 aromatic heterocycles. The molecule has 0 aliphatic carbocycles. The van der Waals surface area contributed by atoms with Gasteiger partial charge in [-0.25, -0.2) is 4.79 Å². The fourth-order valence-electron chi connectivity index (χ4n) is 0.581. The van der Waals surface area contributed by atoms with Gasteiger partial charge in [-0.15, -0.1) is 0 Å². The van der Waals surface area contributed by atoms with Gasteiger partial charge in [-0.3, -0.25) is 0 Å². The van der Waals surface area contributed by atoms with E-state index in [0.717, 1.165) is 0 Å². The Balaban J connectivity index is 2.45. The van der Waals surface area contributed by atoms with Gasteiger partial charge < -0.3 is 13.6 Å². The first-order chi connectivity index (χ1) is 5.18. The van der Waals surface area contributed by atoms with Crippen LogP contribution in [0.4, 0.5) is 0 Å². The summed E-state index contributed by atoms with van der Waals surface area (Å²) < 4.78 is 14.1. The topological polar surface area (TPSA) is 52.6 Å². The van der Waals surface area contributed by atoms with Gasteiger partial charge >= 0.3 is 5.82 Å². The molecular weight excluding hydrogens is 148 g/mol. The average Bonchev–Trinajstić information content (AvgIpc) is 2.31. The maximum absolute atomic E-state index is 10.3. The van der Waals surface area contributed by atoms with Crippen molar-refractivity contribution in [1.29, 1.82) is 0 Å². The first-order valence-corrected chi connectivity index (χ1v) is 3.37. The lowest BCUT2D eigenvalue weighted by atomic mass is 10.5. The third kappa shape index (κ3) is 2.59. The number of hydrogen-bond acceptors (Lipinski definition) is 4. The molecule has 0 saturated carbocycles. The quantitative estimate of drug-likeness (QED) is 0.662. The van der Waals surface area contributed by atoms with Crippen molar-refractivity contribution in [3.05, 3.63) is 22.6 Å². The molecule has 1 heterocycles. The second-order valence-corrected chi connectivity index (χ2v) is 2.41. The Kier molecular flexibility index (Phi) is 2.48. The molecule has 0 aliphatic rings. The number of hydrogen-bond donors (Lipinski definition) is 0. The zero-order chi connectivity index (χ0) is 8.27. The Hall–Kier alpha value is -1.03. The molecule has 11 heavy (non-hydrogen) atoms. The van der Waals surface area contributed by atoms with Gasteiger partial charge in [0.25, 0.3) is 0 Å². The minimum atomic E-state index is -0.688. The molecule has 0 atom stereocenters. The van der Waals surface area contributed by atoms with Crippen LogP contribution in [-0.4, -0.2) is 6.10 Å². The van der Waals surface area contributed by atoms with E-state index in [4.69, 9.17) is 4.74 Å². The van der Waals surface area contributed by atoms with Crippen molar-refractivity contribution in [3.8, 4) is 0 Å². The Labute approximate surface area is 63.8 Å². The van der Waals surface area contributed by atoms with Crippen LogP contribution in [0.1, 0.15) is 19.6 Å². The van der Waals surface area contributed by atoms with E-state index in [-0.39, 0.29) is 12.7 Å². The van der Waals surface area contributed by atoms with Gasteiger partial charge in [0.05, 0.1) is 6.10 Å². The van der Waals surface area contributed by atoms with Crippen LogP contribution < -0.4 is 5.82 Å². The molecule has 0 aromatic carbocycles. The fourth-order valence-corrected chi connectivity index (χ4v) is 0.581. The first-order valence-electron chi connectivity index (χ1n) is 3.37. The summed E-state index contributed by atoms with van der Waals surface area (Å²) >= 11 is 0. The predicted octanol–water partition coefficient (Wildman–Crippen LogP) is 1.16. The molecule has 1 aromatic rings. The summed E-state index contributed by atoms with van der Waals surface area (Å²) in [5.41, 5.74) is 0. The van der Waals surface area contributed by atoms with Crippen molar-refractivity contribution >= 4 is 0 Å². The minimum absolute atomic E-state index is 0.121. The molecule has 0 spiro atoms. The molecule has 0 fully saturated rings. The highest BCUT2D eigenvalue weighted by molar-refractivity contribution is 4.81. The van der Waals surface area contributed by atoms with Crippen LogP contribution in [-0.2, 0) is 11.3 Å². The Morgan fingerprint density at radius 1 is 1.64 bits per heavy atom. The fraction of sp³-hybridized carbons (Fsp3) is 0.571. The maximum Gasteiger partial charge on any atom is 0.518 e. The summed E-state index contributed by atoms with van der Waals surface area (Å²) in [5, 5.41) is 0. The SMILES string of the molecule is CC(C)OCc1coc(=O)o1. The van der Waals surface area contributed by atoms with Crippen LogP contribution in [0.25, 0.3) is 0 Å². The molecule has 0 aliphatic heterocycles. The molecule has 1 rings (SSSR count). The monoisotopic (exact) mass is 158 g/mol. The van der Waals surface area contributed by atoms with E-state index in [1.807, 2.05) is 13.8 Å². The highest BCUT2D eigenvalue weighted by atomic mass is 16.6. The van der Waals surface area contributed by atoms with E-state index in [1.54, 1.807) is 0 Å². The standard InChI is InChI=1S/C7H10O4/c1-5(2)9-3-6-4-10-7(8)11-6/h4-5H,3H2,1-2H3. The van der Waals surface area contributed by atoms with Crippen molar-refractivity contribution in [2.45, 2.75) is 26.6 Å². The van der Waals surface area contributed by atoms with Crippen molar-refractivity contribution in [3.63, 3.8) is 0 Å². The lowest BCUT2D eigenvalue weighted by molar-refractivity contribution is 0.0538. The molecular formula is C7H10O4. The van der Waals surface area contributed by atoms with E-state index in [2.05, 4.69) is 8.83 Å². The number of ether oxygens (including phenoxy) is 1. The zero-order valence-corrected chi connectivity index (χ0v) is 6.49. The lowest BCUT2D eigenvalue weighted by Crippen LogP contribution is -2.01. The third-order valence-electron chi connectivity index (χ3n) is 1.06. The van der Waals surface area contributed by atoms with E-state index in [9.17, 15) is 4.79 Å². The van der Waals surface area contributed by atoms with Gasteiger partial charge in [0.1, 0.15) is 12.9 Å². The van der Waals surface area contributed by atoms with Crippen LogP contribution in [0.3, 0.4) is 0 Å². The smallest absolute Gasteiger partial charge is 0.399 e. The van der Waals surface area contributed by atoms with Gasteiger partial charge in [0.15, 0.2) is 5.76 Å². The molecule has 0 bridgehead atoms. The molecule has 0 amide bonds. The predicted molar refractivity (Wildman–Crippen MR) is 37.2 cm³/mol. The normalized spacial score (nSPS) is 10.8. The van der Waals surface area contributed by atoms with Crippen LogP contribution in [0.15, 0.2) is 19.9 Å². The Bertz CT molecular complexity index is 257. The summed E-state index contributed by atoms with van der Waals surface area (Å²) in [7, 11) is 0. The van der Waals surface area contributed by atoms with E-state index >= 15 is 0 Å². The van der Waals surface area contributed by atoms with Gasteiger partial charge in [-0.05, 0) is 13.8 Å². The second kappa shape index (κ2) is 3.39. The van der Waals surface area contributed by atoms with Crippen LogP contribution in [0.5, 0.6) is 0 Å². The highest BCUT2D eigenvalue weighted by Crippen LogP contribution is 2.00. The molecule has 0 radical (unpaired) electrons. The van der Waals surface area contributed by atoms with Crippen LogP contribution >= 0.6 is 0 Å². The van der Waals surface area contributed by atoms with E-state index in [0.29, 0.717) is 5.76 Å². The summed E-state index contributed by atoms with van der Waals surface area (Å²) in [6, 6.07) is 0. The van der Waals surface area contributed by atoms with E-state index in [1.165, 1.54) is 6.26 Å². The largest absolute Gasteiger partial charge is 0.518 e. The minimum Gasteiger partial charge on any atom is -0.399 e. The Morgan fingerprint density at radius 3 is 2.82 bits per heavy atom. The third-order valence-corrected chi connectivity index (χ3v) is 1.06. The van der Waals surface area contributed by atoms with Crippen LogP contribution in [0.2, 0.25) is 0 Å². The van der Waals surface area contributed by atoms with Gasteiger partial charge in [0, 0.05) is 0 Å². The zero-order valence-electron chi connectivity index (χ0n) is 6.49. The van der Waals surface area contributed by atoms with Crippen molar-refractivity contribution in [1.82, 2.24) is 0 Å². The highest BCUT2D eigenvalue weighted by Gasteiger charge is 2.01. The first kappa shape index (κ1) is 8.07. The second-order valence-electron chi connectivity index (χ2n) is 2.41. The molecule has 62 valence electrons. The lowest BCUT2D eigenvalue weighted by Gasteiger charge is -2.02. The summed E-state index contributed by atoms with van der Waals surface area (Å²) in [4.78, 5) is 10.3. The molecule has 0 unspecified atom stereocenters. The van der Waals surface area contributed by atoms with Crippen LogP contribution in [0, 0.1) is 0 Å². The molecule has 0 N–H and O–H groups in total. The Morgan fingerprint density at radius 2 is 2.36 bits per heavy atom. The van der Waals surface area contributed by atoms with Crippen molar-refractivity contribution < 1.29 is 13.6 Å². The van der Waals surface area contributed by atoms with Gasteiger partial charge in [-0.2, -0.15) is 0 Å². The average molecular weight is 158 g/mol. The number of rotatable bonds is 3. The van der Waals surface area contributed by atoms with Gasteiger partial charge in [0.2, 0.25) is 0 Å². The summed E-state index contributed by atoms with van der Waals surface area (Å²) in [6.07, 6.45) is 1.38.